The van der Waals surface area contributed by atoms with Gasteiger partial charge in [-0.1, -0.05) is 24.3 Å². The van der Waals surface area contributed by atoms with Crippen LogP contribution in [0.2, 0.25) is 0 Å². The van der Waals surface area contributed by atoms with Crippen LogP contribution >= 0.6 is 0 Å². The second-order valence-electron chi connectivity index (χ2n) is 5.04. The molecule has 5 rings (SSSR count). The van der Waals surface area contributed by atoms with Crippen LogP contribution in [0.25, 0.3) is 0 Å². The Morgan fingerprint density at radius 2 is 1.57 bits per heavy atom. The van der Waals surface area contributed by atoms with E-state index in [1.54, 1.807) is 0 Å². The zero-order valence-electron chi connectivity index (χ0n) is 7.91. The van der Waals surface area contributed by atoms with Crippen LogP contribution in [0.4, 0.5) is 0 Å². The van der Waals surface area contributed by atoms with Crippen LogP contribution < -0.4 is 0 Å². The smallest absolute Gasteiger partial charge is 0.158 e. The summed E-state index contributed by atoms with van der Waals surface area (Å²) >= 11 is 0. The Labute approximate surface area is 83.3 Å². The van der Waals surface area contributed by atoms with Gasteiger partial charge in [0, 0.05) is 5.92 Å². The molecule has 2 nitrogen and oxygen atoms in total. The van der Waals surface area contributed by atoms with E-state index in [9.17, 15) is 5.11 Å². The molecule has 1 saturated carbocycles. The first-order valence-electron chi connectivity index (χ1n) is 5.52. The van der Waals surface area contributed by atoms with Crippen LogP contribution in [-0.2, 0) is 4.74 Å². The predicted octanol–water partition coefficient (Wildman–Crippen LogP) is 1.19. The van der Waals surface area contributed by atoms with E-state index < -0.39 is 6.29 Å². The highest BCUT2D eigenvalue weighted by Crippen LogP contribution is 2.58. The molecular formula is C12H14O2. The van der Waals surface area contributed by atoms with Gasteiger partial charge in [0.15, 0.2) is 6.29 Å². The van der Waals surface area contributed by atoms with E-state index in [-0.39, 0.29) is 0 Å². The molecule has 0 aromatic carbocycles. The lowest BCUT2D eigenvalue weighted by atomic mass is 9.50. The number of allylic oxidation sites excluding steroid dienone is 4. The minimum Gasteiger partial charge on any atom is -0.368 e. The van der Waals surface area contributed by atoms with Gasteiger partial charge in [-0.05, 0) is 29.6 Å². The van der Waals surface area contributed by atoms with Crippen molar-refractivity contribution in [3.8, 4) is 0 Å². The molecule has 1 heterocycles. The molecule has 0 amide bonds. The molecule has 0 aromatic heterocycles. The van der Waals surface area contributed by atoms with Crippen molar-refractivity contribution in [1.82, 2.24) is 0 Å². The second-order valence-corrected chi connectivity index (χ2v) is 5.04. The summed E-state index contributed by atoms with van der Waals surface area (Å²) in [5.74, 6) is 3.57. The van der Waals surface area contributed by atoms with Gasteiger partial charge in [0.05, 0.1) is 6.61 Å². The maximum atomic E-state index is 9.79. The molecule has 0 aromatic rings. The SMILES string of the molecule is OC1OCC2C3C=CC(C4C=CC43)C12. The molecule has 2 fully saturated rings. The van der Waals surface area contributed by atoms with Crippen molar-refractivity contribution >= 4 is 0 Å². The van der Waals surface area contributed by atoms with Crippen LogP contribution in [0.3, 0.4) is 0 Å². The zero-order valence-corrected chi connectivity index (χ0v) is 7.91. The van der Waals surface area contributed by atoms with Crippen molar-refractivity contribution < 1.29 is 9.84 Å². The third kappa shape index (κ3) is 0.686. The highest BCUT2D eigenvalue weighted by atomic mass is 16.6. The Kier molecular flexibility index (Phi) is 1.27. The molecule has 0 spiro atoms. The number of aliphatic hydroxyl groups excluding tert-OH is 1. The molecule has 7 atom stereocenters. The predicted molar refractivity (Wildman–Crippen MR) is 51.2 cm³/mol. The van der Waals surface area contributed by atoms with Gasteiger partial charge in [-0.2, -0.15) is 0 Å². The van der Waals surface area contributed by atoms with E-state index in [0.29, 0.717) is 29.6 Å². The van der Waals surface area contributed by atoms with Gasteiger partial charge in [-0.15, -0.1) is 0 Å². The molecule has 2 heteroatoms. The lowest BCUT2D eigenvalue weighted by Gasteiger charge is -2.53. The van der Waals surface area contributed by atoms with Crippen LogP contribution in [-0.4, -0.2) is 18.0 Å². The van der Waals surface area contributed by atoms with Crippen molar-refractivity contribution in [1.29, 1.82) is 0 Å². The zero-order chi connectivity index (χ0) is 9.28. The first-order valence-corrected chi connectivity index (χ1v) is 5.52. The van der Waals surface area contributed by atoms with Crippen molar-refractivity contribution in [3.63, 3.8) is 0 Å². The normalized spacial score (nSPS) is 62.2. The largest absolute Gasteiger partial charge is 0.368 e. The Morgan fingerprint density at radius 3 is 2.36 bits per heavy atom. The monoisotopic (exact) mass is 190 g/mol. The van der Waals surface area contributed by atoms with Gasteiger partial charge in [0.25, 0.3) is 0 Å². The van der Waals surface area contributed by atoms with Gasteiger partial charge in [0.2, 0.25) is 0 Å². The Bertz CT molecular complexity index is 333. The summed E-state index contributed by atoms with van der Waals surface area (Å²) < 4.78 is 5.39. The molecule has 1 aliphatic heterocycles. The average molecular weight is 190 g/mol. The number of aliphatic hydroxyl groups is 1. The van der Waals surface area contributed by atoms with Gasteiger partial charge >= 0.3 is 0 Å². The fourth-order valence-corrected chi connectivity index (χ4v) is 3.95. The van der Waals surface area contributed by atoms with Crippen molar-refractivity contribution in [3.05, 3.63) is 24.3 Å². The topological polar surface area (TPSA) is 29.5 Å². The van der Waals surface area contributed by atoms with E-state index in [0.717, 1.165) is 12.5 Å². The minimum atomic E-state index is -0.507. The number of hydrogen-bond donors (Lipinski definition) is 1. The van der Waals surface area contributed by atoms with Gasteiger partial charge in [0.1, 0.15) is 0 Å². The molecule has 74 valence electrons. The highest BCUT2D eigenvalue weighted by molar-refractivity contribution is 5.28. The fourth-order valence-electron chi connectivity index (χ4n) is 3.95. The molecule has 0 radical (unpaired) electrons. The Hall–Kier alpha value is -0.600. The van der Waals surface area contributed by atoms with Gasteiger partial charge < -0.3 is 9.84 Å². The third-order valence-corrected chi connectivity index (χ3v) is 4.67. The molecule has 7 unspecified atom stereocenters. The van der Waals surface area contributed by atoms with Crippen LogP contribution in [0, 0.1) is 35.5 Å². The summed E-state index contributed by atoms with van der Waals surface area (Å²) in [6.07, 6.45) is 8.82. The van der Waals surface area contributed by atoms with E-state index in [1.165, 1.54) is 0 Å². The summed E-state index contributed by atoms with van der Waals surface area (Å²) in [6, 6.07) is 0. The maximum absolute atomic E-state index is 9.79. The number of ether oxygens (including phenoxy) is 1. The lowest BCUT2D eigenvalue weighted by molar-refractivity contribution is -0.101. The number of rotatable bonds is 0. The van der Waals surface area contributed by atoms with Crippen LogP contribution in [0.1, 0.15) is 0 Å². The first kappa shape index (κ1) is 7.66. The van der Waals surface area contributed by atoms with Crippen molar-refractivity contribution in [2.45, 2.75) is 6.29 Å². The fraction of sp³-hybridized carbons (Fsp3) is 0.667. The van der Waals surface area contributed by atoms with E-state index in [4.69, 9.17) is 4.74 Å². The van der Waals surface area contributed by atoms with Crippen LogP contribution in [0.15, 0.2) is 24.3 Å². The summed E-state index contributed by atoms with van der Waals surface area (Å²) in [5, 5.41) is 9.79. The lowest BCUT2D eigenvalue weighted by Crippen LogP contribution is -2.50. The quantitative estimate of drug-likeness (QED) is 0.581. The van der Waals surface area contributed by atoms with Crippen molar-refractivity contribution in [2.24, 2.45) is 35.5 Å². The molecule has 1 saturated heterocycles. The van der Waals surface area contributed by atoms with Crippen molar-refractivity contribution in [2.75, 3.05) is 6.61 Å². The Morgan fingerprint density at radius 1 is 0.929 bits per heavy atom. The maximum Gasteiger partial charge on any atom is 0.158 e. The minimum absolute atomic E-state index is 0.371. The van der Waals surface area contributed by atoms with E-state index in [1.807, 2.05) is 0 Å². The van der Waals surface area contributed by atoms with E-state index in [2.05, 4.69) is 24.3 Å². The highest BCUT2D eigenvalue weighted by Gasteiger charge is 2.57. The molecule has 1 N–H and O–H groups in total. The molecular weight excluding hydrogens is 176 g/mol. The van der Waals surface area contributed by atoms with Gasteiger partial charge in [-0.25, -0.2) is 0 Å². The second kappa shape index (κ2) is 2.31. The first-order chi connectivity index (χ1) is 6.86. The van der Waals surface area contributed by atoms with Crippen LogP contribution in [0.5, 0.6) is 0 Å². The third-order valence-electron chi connectivity index (χ3n) is 4.67. The number of hydrogen-bond acceptors (Lipinski definition) is 2. The molecule has 4 aliphatic carbocycles. The standard InChI is InChI=1S/C12H14O2/c13-12-11-9-4-3-8(10(11)5-14-12)6-1-2-7(6)9/h1-4,6-13H,5H2. The molecule has 14 heavy (non-hydrogen) atoms. The summed E-state index contributed by atoms with van der Waals surface area (Å²) in [6.45, 7) is 0.758. The summed E-state index contributed by atoms with van der Waals surface area (Å²) in [7, 11) is 0. The van der Waals surface area contributed by atoms with E-state index >= 15 is 0 Å². The molecule has 5 aliphatic rings. The summed E-state index contributed by atoms with van der Waals surface area (Å²) in [5.41, 5.74) is 0. The molecule has 2 bridgehead atoms. The van der Waals surface area contributed by atoms with Gasteiger partial charge in [-0.3, -0.25) is 0 Å². The summed E-state index contributed by atoms with van der Waals surface area (Å²) in [4.78, 5) is 0. The Balaban J connectivity index is 1.81. The average Bonchev–Trinajstić information content (AvgIpc) is 2.50.